The van der Waals surface area contributed by atoms with E-state index < -0.39 is 21.7 Å². The van der Waals surface area contributed by atoms with Crippen molar-refractivity contribution in [1.29, 1.82) is 0 Å². The molecule has 0 saturated carbocycles. The molecule has 30 heavy (non-hydrogen) atoms. The smallest absolute Gasteiger partial charge is 0.258 e. The van der Waals surface area contributed by atoms with Crippen LogP contribution in [-0.2, 0) is 11.4 Å². The number of benzene rings is 1. The first-order chi connectivity index (χ1) is 14.3. The highest BCUT2D eigenvalue weighted by Gasteiger charge is 2.53. The van der Waals surface area contributed by atoms with Gasteiger partial charge in [-0.25, -0.2) is 9.97 Å². The van der Waals surface area contributed by atoms with Crippen LogP contribution in [0.1, 0.15) is 39.2 Å². The third-order valence-electron chi connectivity index (χ3n) is 5.72. The normalized spacial score (nSPS) is 27.2. The number of hydrogen-bond donors (Lipinski definition) is 0. The predicted octanol–water partition coefficient (Wildman–Crippen LogP) is 3.68. The van der Waals surface area contributed by atoms with E-state index in [4.69, 9.17) is 13.9 Å². The fraction of sp³-hybridized carbons (Fsp3) is 0.476. The Morgan fingerprint density at radius 2 is 2.13 bits per heavy atom. The SMILES string of the molecule is CC(C)(C)[S+]([O-])N=C1c2ccccc2OC12CCN1c3ncc(Br)nc3OC[C@H]1C2. The quantitative estimate of drug-likeness (QED) is 0.566. The van der Waals surface area contributed by atoms with Crippen molar-refractivity contribution in [2.45, 2.75) is 50.0 Å². The lowest BCUT2D eigenvalue weighted by Gasteiger charge is -2.46. The van der Waals surface area contributed by atoms with Crippen LogP contribution in [0.5, 0.6) is 11.6 Å². The van der Waals surface area contributed by atoms with Gasteiger partial charge >= 0.3 is 0 Å². The molecule has 4 heterocycles. The summed E-state index contributed by atoms with van der Waals surface area (Å²) in [6.07, 6.45) is 3.09. The number of fused-ring (bicyclic) bond motifs is 4. The third-order valence-corrected chi connectivity index (χ3v) is 7.50. The van der Waals surface area contributed by atoms with Gasteiger partial charge in [-0.3, -0.25) is 0 Å². The Morgan fingerprint density at radius 3 is 2.93 bits per heavy atom. The summed E-state index contributed by atoms with van der Waals surface area (Å²) >= 11 is 1.98. The highest BCUT2D eigenvalue weighted by molar-refractivity contribution is 9.10. The van der Waals surface area contributed by atoms with Gasteiger partial charge in [0.15, 0.2) is 11.4 Å². The van der Waals surface area contributed by atoms with E-state index in [1.54, 1.807) is 6.20 Å². The molecule has 1 spiro atoms. The van der Waals surface area contributed by atoms with E-state index >= 15 is 0 Å². The molecule has 0 aliphatic carbocycles. The first-order valence-electron chi connectivity index (χ1n) is 9.98. The second-order valence-corrected chi connectivity index (χ2v) is 11.5. The number of hydrogen-bond acceptors (Lipinski definition) is 7. The van der Waals surface area contributed by atoms with Crippen molar-refractivity contribution in [2.24, 2.45) is 4.40 Å². The molecule has 0 radical (unpaired) electrons. The molecular weight excluding hydrogens is 468 g/mol. The van der Waals surface area contributed by atoms with Crippen molar-refractivity contribution in [1.82, 2.24) is 9.97 Å². The van der Waals surface area contributed by atoms with Crippen LogP contribution in [0.4, 0.5) is 5.82 Å². The Balaban J connectivity index is 1.52. The number of para-hydroxylation sites is 1. The molecule has 7 nitrogen and oxygen atoms in total. The minimum atomic E-state index is -1.38. The minimum Gasteiger partial charge on any atom is -0.591 e. The van der Waals surface area contributed by atoms with Gasteiger partial charge in [0, 0.05) is 24.9 Å². The number of anilines is 1. The van der Waals surface area contributed by atoms with Gasteiger partial charge in [0.05, 0.1) is 12.2 Å². The molecule has 0 amide bonds. The van der Waals surface area contributed by atoms with Crippen LogP contribution in [0, 0.1) is 0 Å². The van der Waals surface area contributed by atoms with Crippen molar-refractivity contribution >= 4 is 38.8 Å². The highest BCUT2D eigenvalue weighted by atomic mass is 79.9. The molecule has 2 unspecified atom stereocenters. The Bertz CT molecular complexity index is 1030. The highest BCUT2D eigenvalue weighted by Crippen LogP contribution is 2.46. The lowest BCUT2D eigenvalue weighted by Crippen LogP contribution is -2.59. The molecule has 0 bridgehead atoms. The largest absolute Gasteiger partial charge is 0.591 e. The standard InChI is InChI=1S/C21H23BrN4O3S/c1-20(2,3)30(27)25-17-14-6-4-5-7-15(14)29-21(17)8-9-26-13(10-21)12-28-19-18(26)23-11-16(22)24-19/h4-7,11,13H,8-10,12H2,1-3H3/t13-,21?,30?/m1/s1. The Morgan fingerprint density at radius 1 is 1.33 bits per heavy atom. The zero-order valence-corrected chi connectivity index (χ0v) is 19.5. The number of ether oxygens (including phenoxy) is 2. The lowest BCUT2D eigenvalue weighted by molar-refractivity contribution is 0.0878. The second kappa shape index (κ2) is 7.10. The van der Waals surface area contributed by atoms with Crippen LogP contribution in [0.15, 0.2) is 39.5 Å². The fourth-order valence-electron chi connectivity index (χ4n) is 4.23. The van der Waals surface area contributed by atoms with Crippen LogP contribution in [0.2, 0.25) is 0 Å². The van der Waals surface area contributed by atoms with Gasteiger partial charge in [0.1, 0.15) is 38.8 Å². The average Bonchev–Trinajstić information content (AvgIpc) is 2.99. The summed E-state index contributed by atoms with van der Waals surface area (Å²) in [5.74, 6) is 2.11. The molecular formula is C21H23BrN4O3S. The molecule has 3 atom stereocenters. The fourth-order valence-corrected chi connectivity index (χ4v) is 5.20. The molecule has 2 aromatic rings. The van der Waals surface area contributed by atoms with Gasteiger partial charge in [-0.05, 0) is 48.8 Å². The van der Waals surface area contributed by atoms with E-state index in [1.165, 1.54) is 0 Å². The summed E-state index contributed by atoms with van der Waals surface area (Å²) < 4.78 is 30.3. The van der Waals surface area contributed by atoms with Gasteiger partial charge < -0.3 is 18.9 Å². The summed E-state index contributed by atoms with van der Waals surface area (Å²) in [4.78, 5) is 11.2. The van der Waals surface area contributed by atoms with Crippen molar-refractivity contribution in [3.8, 4) is 11.6 Å². The molecule has 3 aliphatic heterocycles. The van der Waals surface area contributed by atoms with Gasteiger partial charge in [0.25, 0.3) is 5.88 Å². The van der Waals surface area contributed by atoms with E-state index in [2.05, 4.69) is 30.8 Å². The molecule has 0 N–H and O–H groups in total. The molecule has 1 fully saturated rings. The topological polar surface area (TPSA) is 82.9 Å². The predicted molar refractivity (Wildman–Crippen MR) is 120 cm³/mol. The van der Waals surface area contributed by atoms with E-state index in [1.807, 2.05) is 45.0 Å². The first-order valence-corrected chi connectivity index (χ1v) is 11.9. The molecule has 5 rings (SSSR count). The number of halogens is 1. The summed E-state index contributed by atoms with van der Waals surface area (Å²) in [5, 5.41) is 0. The number of rotatable bonds is 1. The van der Waals surface area contributed by atoms with Crippen molar-refractivity contribution in [3.05, 3.63) is 40.6 Å². The summed E-state index contributed by atoms with van der Waals surface area (Å²) in [6.45, 7) is 7.04. The van der Waals surface area contributed by atoms with Crippen LogP contribution >= 0.6 is 15.9 Å². The number of aromatic nitrogens is 2. The molecule has 9 heteroatoms. The summed E-state index contributed by atoms with van der Waals surface area (Å²) in [7, 11) is 0. The zero-order chi connectivity index (χ0) is 21.1. The molecule has 158 valence electrons. The van der Waals surface area contributed by atoms with Gasteiger partial charge in [-0.2, -0.15) is 0 Å². The van der Waals surface area contributed by atoms with E-state index in [0.29, 0.717) is 23.5 Å². The van der Waals surface area contributed by atoms with Crippen molar-refractivity contribution in [3.63, 3.8) is 0 Å². The average molecular weight is 491 g/mol. The minimum absolute atomic E-state index is 0.0734. The molecule has 3 aliphatic rings. The summed E-state index contributed by atoms with van der Waals surface area (Å²) in [5.41, 5.74) is 1.11. The van der Waals surface area contributed by atoms with Crippen molar-refractivity contribution in [2.75, 3.05) is 18.1 Å². The first kappa shape index (κ1) is 20.1. The van der Waals surface area contributed by atoms with Gasteiger partial charge in [0.2, 0.25) is 0 Å². The molecule has 1 saturated heterocycles. The molecule has 1 aromatic carbocycles. The van der Waals surface area contributed by atoms with E-state index in [-0.39, 0.29) is 6.04 Å². The Labute approximate surface area is 187 Å². The zero-order valence-electron chi connectivity index (χ0n) is 17.1. The second-order valence-electron chi connectivity index (χ2n) is 8.83. The maximum atomic E-state index is 12.9. The maximum absolute atomic E-state index is 12.9. The lowest BCUT2D eigenvalue weighted by atomic mass is 9.81. The van der Waals surface area contributed by atoms with Crippen LogP contribution in [0.25, 0.3) is 0 Å². The van der Waals surface area contributed by atoms with Crippen molar-refractivity contribution < 1.29 is 14.0 Å². The van der Waals surface area contributed by atoms with Gasteiger partial charge in [-0.1, -0.05) is 16.5 Å². The van der Waals surface area contributed by atoms with Crippen LogP contribution in [-0.4, -0.2) is 49.8 Å². The number of piperidine rings is 1. The van der Waals surface area contributed by atoms with Gasteiger partial charge in [-0.15, -0.1) is 0 Å². The Kier molecular flexibility index (Phi) is 4.75. The van der Waals surface area contributed by atoms with E-state index in [9.17, 15) is 4.55 Å². The summed E-state index contributed by atoms with van der Waals surface area (Å²) in [6, 6.07) is 7.97. The molecule has 1 aromatic heterocycles. The van der Waals surface area contributed by atoms with Crippen LogP contribution < -0.4 is 14.4 Å². The number of nitrogens with zero attached hydrogens (tertiary/aromatic N) is 4. The monoisotopic (exact) mass is 490 g/mol. The van der Waals surface area contributed by atoms with E-state index in [0.717, 1.165) is 35.8 Å². The maximum Gasteiger partial charge on any atom is 0.258 e. The third kappa shape index (κ3) is 3.27. The van der Waals surface area contributed by atoms with Crippen LogP contribution in [0.3, 0.4) is 0 Å². The Hall–Kier alpha value is -1.84.